The van der Waals surface area contributed by atoms with Gasteiger partial charge in [-0.1, -0.05) is 158 Å². The van der Waals surface area contributed by atoms with Gasteiger partial charge in [0.15, 0.2) is 7.14 Å². The molecule has 0 aliphatic heterocycles. The zero-order valence-electron chi connectivity index (χ0n) is 28.0. The van der Waals surface area contributed by atoms with Crippen molar-refractivity contribution in [1.29, 1.82) is 0 Å². The first-order chi connectivity index (χ1) is 25.6. The highest BCUT2D eigenvalue weighted by molar-refractivity contribution is 7.85. The summed E-state index contributed by atoms with van der Waals surface area (Å²) in [4.78, 5) is 15.8. The summed E-state index contributed by atoms with van der Waals surface area (Å²) in [5, 5.41) is 8.77. The van der Waals surface area contributed by atoms with Gasteiger partial charge in [0.1, 0.15) is 0 Å². The monoisotopic (exact) mass is 683 g/mol. The van der Waals surface area contributed by atoms with Gasteiger partial charge < -0.3 is 4.57 Å². The van der Waals surface area contributed by atoms with Crippen LogP contribution in [0, 0.1) is 0 Å². The topological polar surface area (TPSA) is 55.7 Å². The van der Waals surface area contributed by atoms with Crippen LogP contribution >= 0.6 is 7.14 Å². The molecule has 0 bridgehead atoms. The number of aromatic nitrogens is 3. The summed E-state index contributed by atoms with van der Waals surface area (Å²) in [6.45, 7) is 0. The van der Waals surface area contributed by atoms with Gasteiger partial charge in [-0.05, 0) is 35.0 Å². The van der Waals surface area contributed by atoms with Crippen molar-refractivity contribution in [3.8, 4) is 22.5 Å². The lowest BCUT2D eigenvalue weighted by atomic mass is 10.0. The lowest BCUT2D eigenvalue weighted by Gasteiger charge is -2.20. The SMILES string of the molecule is O=P(c1ccccc1)(c1ccccc1)c1ccc(-c2nc3ccccc3c3nc4c(ccc5ccc(-c6ccc7ccccc7c6)nc54)cc23)cc1. The Hall–Kier alpha value is -6.48. The smallest absolute Gasteiger partial charge is 0.171 e. The molecule has 3 heterocycles. The fourth-order valence-corrected chi connectivity index (χ4v) is 10.1. The van der Waals surface area contributed by atoms with Gasteiger partial charge in [-0.2, -0.15) is 0 Å². The van der Waals surface area contributed by atoms with Gasteiger partial charge in [-0.3, -0.25) is 0 Å². The van der Waals surface area contributed by atoms with Crippen molar-refractivity contribution < 1.29 is 4.57 Å². The Kier molecular flexibility index (Phi) is 7.06. The van der Waals surface area contributed by atoms with E-state index in [4.69, 9.17) is 15.0 Å². The van der Waals surface area contributed by atoms with Gasteiger partial charge in [0, 0.05) is 48.6 Å². The largest absolute Gasteiger partial charge is 0.309 e. The highest BCUT2D eigenvalue weighted by atomic mass is 31.2. The minimum atomic E-state index is -3.11. The molecule has 4 nitrogen and oxygen atoms in total. The zero-order chi connectivity index (χ0) is 34.6. The second-order valence-corrected chi connectivity index (χ2v) is 15.9. The molecule has 0 unspecified atom stereocenters. The number of hydrogen-bond acceptors (Lipinski definition) is 4. The van der Waals surface area contributed by atoms with Crippen LogP contribution in [0.25, 0.3) is 76.9 Å². The minimum Gasteiger partial charge on any atom is -0.309 e. The lowest BCUT2D eigenvalue weighted by Crippen LogP contribution is -2.24. The molecule has 10 rings (SSSR count). The molecule has 0 saturated heterocycles. The summed E-state index contributed by atoms with van der Waals surface area (Å²) in [6, 6.07) is 61.4. The van der Waals surface area contributed by atoms with E-state index >= 15 is 4.57 Å². The fourth-order valence-electron chi connectivity index (χ4n) is 7.44. The molecule has 3 aromatic heterocycles. The Bertz CT molecular complexity index is 2990. The van der Waals surface area contributed by atoms with Crippen LogP contribution in [-0.4, -0.2) is 15.0 Å². The molecule has 0 atom stereocenters. The van der Waals surface area contributed by atoms with Gasteiger partial charge >= 0.3 is 0 Å². The van der Waals surface area contributed by atoms with E-state index in [9.17, 15) is 0 Å². The second-order valence-electron chi connectivity index (χ2n) is 13.2. The van der Waals surface area contributed by atoms with Crippen molar-refractivity contribution in [1.82, 2.24) is 15.0 Å². The van der Waals surface area contributed by atoms with Crippen LogP contribution in [0.5, 0.6) is 0 Å². The van der Waals surface area contributed by atoms with E-state index in [1.807, 2.05) is 103 Å². The third-order valence-electron chi connectivity index (χ3n) is 10.1. The van der Waals surface area contributed by atoms with E-state index in [0.29, 0.717) is 0 Å². The van der Waals surface area contributed by atoms with Crippen LogP contribution in [0.1, 0.15) is 0 Å². The van der Waals surface area contributed by atoms with Crippen LogP contribution in [0.4, 0.5) is 0 Å². The minimum absolute atomic E-state index is 0.780. The third kappa shape index (κ3) is 4.92. The number of pyridine rings is 3. The van der Waals surface area contributed by atoms with E-state index < -0.39 is 7.14 Å². The predicted molar refractivity (Wildman–Crippen MR) is 218 cm³/mol. The number of para-hydroxylation sites is 1. The standard InChI is InChI=1S/C47H30N3OP/c51-52(37-13-3-1-4-14-37,38-15-5-2-6-16-38)39-26-23-32(24-27-39)44-41-30-36-22-20-33-25-28-42(35-21-19-31-11-7-8-12-34(31)29-35)48-45(33)46(36)50-47(41)40-17-9-10-18-43(40)49-44/h1-30H. The van der Waals surface area contributed by atoms with E-state index in [2.05, 4.69) is 78.9 Å². The van der Waals surface area contributed by atoms with Crippen LogP contribution in [0.2, 0.25) is 0 Å². The molecule has 52 heavy (non-hydrogen) atoms. The van der Waals surface area contributed by atoms with Crippen molar-refractivity contribution in [2.45, 2.75) is 0 Å². The molecule has 0 fully saturated rings. The maximum Gasteiger partial charge on any atom is 0.171 e. The highest BCUT2D eigenvalue weighted by Crippen LogP contribution is 2.43. The summed E-state index contributed by atoms with van der Waals surface area (Å²) in [6.07, 6.45) is 0. The Morgan fingerprint density at radius 3 is 1.71 bits per heavy atom. The first kappa shape index (κ1) is 30.4. The van der Waals surface area contributed by atoms with Crippen LogP contribution < -0.4 is 15.9 Å². The van der Waals surface area contributed by atoms with Crippen molar-refractivity contribution in [2.24, 2.45) is 0 Å². The van der Waals surface area contributed by atoms with E-state index in [0.717, 1.165) is 82.0 Å². The Labute approximate surface area is 300 Å². The maximum atomic E-state index is 15.0. The van der Waals surface area contributed by atoms with Gasteiger partial charge in [0.2, 0.25) is 0 Å². The molecule has 5 heteroatoms. The fraction of sp³-hybridized carbons (Fsp3) is 0. The van der Waals surface area contributed by atoms with E-state index in [1.54, 1.807) is 0 Å². The zero-order valence-corrected chi connectivity index (χ0v) is 28.9. The average Bonchev–Trinajstić information content (AvgIpc) is 3.22. The molecule has 0 N–H and O–H groups in total. The first-order valence-corrected chi connectivity index (χ1v) is 19.1. The second kappa shape index (κ2) is 12.1. The molecular formula is C47H30N3OP. The van der Waals surface area contributed by atoms with Crippen molar-refractivity contribution >= 4 is 77.4 Å². The van der Waals surface area contributed by atoms with E-state index in [-0.39, 0.29) is 0 Å². The molecule has 10 aromatic rings. The van der Waals surface area contributed by atoms with Gasteiger partial charge in [-0.15, -0.1) is 0 Å². The van der Waals surface area contributed by atoms with Crippen LogP contribution in [0.15, 0.2) is 182 Å². The number of rotatable bonds is 5. The number of nitrogens with zero attached hydrogens (tertiary/aromatic N) is 3. The molecule has 0 saturated carbocycles. The number of fused-ring (bicyclic) bond motifs is 7. The van der Waals surface area contributed by atoms with Crippen LogP contribution in [0.3, 0.4) is 0 Å². The van der Waals surface area contributed by atoms with Crippen molar-refractivity contribution in [2.75, 3.05) is 0 Å². The molecule has 0 aliphatic carbocycles. The summed E-state index contributed by atoms with van der Waals surface area (Å²) < 4.78 is 15.0. The first-order valence-electron chi connectivity index (χ1n) is 17.4. The normalized spacial score (nSPS) is 11.9. The lowest BCUT2D eigenvalue weighted by molar-refractivity contribution is 0.592. The molecule has 0 aliphatic rings. The maximum absolute atomic E-state index is 15.0. The third-order valence-corrected chi connectivity index (χ3v) is 13.2. The molecule has 0 radical (unpaired) electrons. The van der Waals surface area contributed by atoms with Gasteiger partial charge in [-0.25, -0.2) is 15.0 Å². The summed E-state index contributed by atoms with van der Waals surface area (Å²) in [7, 11) is -3.11. The molecule has 7 aromatic carbocycles. The Morgan fingerprint density at radius 1 is 0.365 bits per heavy atom. The molecule has 0 amide bonds. The van der Waals surface area contributed by atoms with Gasteiger partial charge in [0.25, 0.3) is 0 Å². The summed E-state index contributed by atoms with van der Waals surface area (Å²) >= 11 is 0. The van der Waals surface area contributed by atoms with Gasteiger partial charge in [0.05, 0.1) is 33.5 Å². The summed E-state index contributed by atoms with van der Waals surface area (Å²) in [5.74, 6) is 0. The number of benzene rings is 7. The summed E-state index contributed by atoms with van der Waals surface area (Å²) in [5.41, 5.74) is 7.23. The van der Waals surface area contributed by atoms with Crippen molar-refractivity contribution in [3.63, 3.8) is 0 Å². The van der Waals surface area contributed by atoms with E-state index in [1.165, 1.54) is 10.8 Å². The molecule has 244 valence electrons. The average molecular weight is 684 g/mol. The highest BCUT2D eigenvalue weighted by Gasteiger charge is 2.29. The quantitative estimate of drug-likeness (QED) is 0.103. The number of hydrogen-bond donors (Lipinski definition) is 0. The molecule has 0 spiro atoms. The molecular weight excluding hydrogens is 654 g/mol. The predicted octanol–water partition coefficient (Wildman–Crippen LogP) is 10.6. The Morgan fingerprint density at radius 2 is 0.942 bits per heavy atom. The van der Waals surface area contributed by atoms with Crippen LogP contribution in [-0.2, 0) is 4.57 Å². The van der Waals surface area contributed by atoms with Crippen molar-refractivity contribution in [3.05, 3.63) is 182 Å². The Balaban J connectivity index is 1.15.